The van der Waals surface area contributed by atoms with E-state index in [4.69, 9.17) is 10.00 Å². The lowest BCUT2D eigenvalue weighted by molar-refractivity contribution is 0.0394. The van der Waals surface area contributed by atoms with Crippen molar-refractivity contribution in [2.75, 3.05) is 0 Å². The molecule has 0 aliphatic heterocycles. The van der Waals surface area contributed by atoms with Crippen molar-refractivity contribution >= 4 is 5.97 Å². The van der Waals surface area contributed by atoms with Crippen LogP contribution >= 0.6 is 0 Å². The van der Waals surface area contributed by atoms with Gasteiger partial charge in [0.1, 0.15) is 6.07 Å². The number of aryl methyl sites for hydroxylation is 1. The SMILES string of the molecule is N#C[C@@H](CCc1ccccc1)OC(=O)c1ccccc1. The third-order valence-corrected chi connectivity index (χ3v) is 2.94. The van der Waals surface area contributed by atoms with Crippen LogP contribution in [0.25, 0.3) is 0 Å². The molecule has 1 atom stereocenters. The van der Waals surface area contributed by atoms with Crippen LogP contribution in [0.1, 0.15) is 22.3 Å². The number of ether oxygens (including phenoxy) is 1. The predicted octanol–water partition coefficient (Wildman–Crippen LogP) is 3.37. The van der Waals surface area contributed by atoms with Crippen LogP contribution in [-0.4, -0.2) is 12.1 Å². The summed E-state index contributed by atoms with van der Waals surface area (Å²) in [5.74, 6) is -0.454. The monoisotopic (exact) mass is 265 g/mol. The van der Waals surface area contributed by atoms with Crippen molar-refractivity contribution in [1.29, 1.82) is 5.26 Å². The van der Waals surface area contributed by atoms with Crippen molar-refractivity contribution in [3.8, 4) is 6.07 Å². The van der Waals surface area contributed by atoms with E-state index in [9.17, 15) is 4.79 Å². The summed E-state index contributed by atoms with van der Waals surface area (Å²) in [4.78, 5) is 11.9. The van der Waals surface area contributed by atoms with Gasteiger partial charge in [0.05, 0.1) is 5.56 Å². The molecule has 0 fully saturated rings. The molecule has 3 nitrogen and oxygen atoms in total. The first-order valence-electron chi connectivity index (χ1n) is 6.49. The molecule has 0 aromatic heterocycles. The third kappa shape index (κ3) is 3.96. The summed E-state index contributed by atoms with van der Waals surface area (Å²) in [6.07, 6.45) is 0.489. The molecular formula is C17H15NO2. The second-order valence-corrected chi connectivity index (χ2v) is 4.41. The van der Waals surface area contributed by atoms with Crippen molar-refractivity contribution in [2.45, 2.75) is 18.9 Å². The van der Waals surface area contributed by atoms with Gasteiger partial charge in [-0.05, 0) is 24.1 Å². The Labute approximate surface area is 118 Å². The highest BCUT2D eigenvalue weighted by Crippen LogP contribution is 2.10. The Morgan fingerprint density at radius 2 is 1.65 bits per heavy atom. The van der Waals surface area contributed by atoms with Gasteiger partial charge in [-0.3, -0.25) is 0 Å². The molecule has 0 N–H and O–H groups in total. The molecule has 0 saturated heterocycles. The molecule has 0 unspecified atom stereocenters. The lowest BCUT2D eigenvalue weighted by Gasteiger charge is -2.11. The molecule has 0 heterocycles. The molecule has 0 bridgehead atoms. The summed E-state index contributed by atoms with van der Waals surface area (Å²) in [7, 11) is 0. The fraction of sp³-hybridized carbons (Fsp3) is 0.176. The molecule has 0 amide bonds. The van der Waals surface area contributed by atoms with Crippen LogP contribution in [0.3, 0.4) is 0 Å². The number of hydrogen-bond acceptors (Lipinski definition) is 3. The van der Waals surface area contributed by atoms with Crippen molar-refractivity contribution in [2.24, 2.45) is 0 Å². The fourth-order valence-corrected chi connectivity index (χ4v) is 1.86. The van der Waals surface area contributed by atoms with Gasteiger partial charge in [-0.1, -0.05) is 48.5 Å². The van der Waals surface area contributed by atoms with Crippen LogP contribution in [0.15, 0.2) is 60.7 Å². The number of rotatable bonds is 5. The Kier molecular flexibility index (Phi) is 4.91. The van der Waals surface area contributed by atoms with Crippen molar-refractivity contribution < 1.29 is 9.53 Å². The molecule has 0 saturated carbocycles. The van der Waals surface area contributed by atoms with E-state index in [1.807, 2.05) is 42.5 Å². The van der Waals surface area contributed by atoms with Crippen molar-refractivity contribution in [3.05, 3.63) is 71.8 Å². The largest absolute Gasteiger partial charge is 0.443 e. The quantitative estimate of drug-likeness (QED) is 0.779. The Hall–Kier alpha value is -2.60. The van der Waals surface area contributed by atoms with Crippen LogP contribution in [0.2, 0.25) is 0 Å². The van der Waals surface area contributed by atoms with E-state index < -0.39 is 12.1 Å². The number of carbonyl (C=O) groups is 1. The van der Waals surface area contributed by atoms with E-state index in [2.05, 4.69) is 0 Å². The molecule has 0 aliphatic carbocycles. The smallest absolute Gasteiger partial charge is 0.339 e. The van der Waals surface area contributed by atoms with Gasteiger partial charge in [0.25, 0.3) is 0 Å². The van der Waals surface area contributed by atoms with Crippen LogP contribution in [0.5, 0.6) is 0 Å². The highest BCUT2D eigenvalue weighted by molar-refractivity contribution is 5.89. The summed E-state index contributed by atoms with van der Waals surface area (Å²) in [6.45, 7) is 0. The first kappa shape index (κ1) is 13.8. The van der Waals surface area contributed by atoms with Gasteiger partial charge in [-0.25, -0.2) is 4.79 Å². The molecule has 0 aliphatic rings. The van der Waals surface area contributed by atoms with Crippen LogP contribution in [-0.2, 0) is 11.2 Å². The van der Waals surface area contributed by atoms with E-state index in [1.54, 1.807) is 24.3 Å². The standard InChI is InChI=1S/C17H15NO2/c18-13-16(12-11-14-7-3-1-4-8-14)20-17(19)15-9-5-2-6-10-15/h1-10,16H,11-12H2/t16-/m1/s1. The molecular weight excluding hydrogens is 250 g/mol. The lowest BCUT2D eigenvalue weighted by atomic mass is 10.1. The summed E-state index contributed by atoms with van der Waals surface area (Å²) in [5, 5.41) is 9.07. The number of esters is 1. The van der Waals surface area contributed by atoms with E-state index in [1.165, 1.54) is 0 Å². The van der Waals surface area contributed by atoms with Gasteiger partial charge in [-0.15, -0.1) is 0 Å². The predicted molar refractivity (Wildman–Crippen MR) is 76.0 cm³/mol. The second-order valence-electron chi connectivity index (χ2n) is 4.41. The average molecular weight is 265 g/mol. The highest BCUT2D eigenvalue weighted by Gasteiger charge is 2.15. The molecule has 20 heavy (non-hydrogen) atoms. The number of nitriles is 1. The molecule has 0 spiro atoms. The van der Waals surface area contributed by atoms with Gasteiger partial charge < -0.3 is 4.74 Å². The lowest BCUT2D eigenvalue weighted by Crippen LogP contribution is -2.17. The molecule has 0 radical (unpaired) electrons. The minimum Gasteiger partial charge on any atom is -0.443 e. The minimum atomic E-state index is -0.720. The Bertz CT molecular complexity index is 587. The van der Waals surface area contributed by atoms with E-state index >= 15 is 0 Å². The molecule has 2 aromatic carbocycles. The summed E-state index contributed by atoms with van der Waals surface area (Å²) in [6, 6.07) is 20.6. The third-order valence-electron chi connectivity index (χ3n) is 2.94. The average Bonchev–Trinajstić information content (AvgIpc) is 2.53. The van der Waals surface area contributed by atoms with E-state index in [-0.39, 0.29) is 0 Å². The number of hydrogen-bond donors (Lipinski definition) is 0. The van der Waals surface area contributed by atoms with Crippen LogP contribution in [0.4, 0.5) is 0 Å². The molecule has 2 rings (SSSR count). The maximum Gasteiger partial charge on any atom is 0.339 e. The second kappa shape index (κ2) is 7.10. The minimum absolute atomic E-state index is 0.454. The van der Waals surface area contributed by atoms with Crippen LogP contribution < -0.4 is 0 Å². The van der Waals surface area contributed by atoms with Crippen LogP contribution in [0, 0.1) is 11.3 Å². The Morgan fingerprint density at radius 1 is 1.05 bits per heavy atom. The van der Waals surface area contributed by atoms with Gasteiger partial charge >= 0.3 is 5.97 Å². The molecule has 2 aromatic rings. The first-order valence-corrected chi connectivity index (χ1v) is 6.49. The van der Waals surface area contributed by atoms with Gasteiger partial charge in [0.2, 0.25) is 0 Å². The van der Waals surface area contributed by atoms with Crippen molar-refractivity contribution in [3.63, 3.8) is 0 Å². The normalized spacial score (nSPS) is 11.3. The highest BCUT2D eigenvalue weighted by atomic mass is 16.5. The first-order chi connectivity index (χ1) is 9.79. The van der Waals surface area contributed by atoms with E-state index in [0.29, 0.717) is 18.4 Å². The molecule has 100 valence electrons. The number of nitrogens with zero attached hydrogens (tertiary/aromatic N) is 1. The summed E-state index contributed by atoms with van der Waals surface area (Å²) in [5.41, 5.74) is 1.59. The maximum absolute atomic E-state index is 11.9. The van der Waals surface area contributed by atoms with Gasteiger partial charge in [-0.2, -0.15) is 5.26 Å². The Morgan fingerprint density at radius 3 is 2.25 bits per heavy atom. The van der Waals surface area contributed by atoms with Crippen molar-refractivity contribution in [1.82, 2.24) is 0 Å². The van der Waals surface area contributed by atoms with Gasteiger partial charge in [0, 0.05) is 6.42 Å². The fourth-order valence-electron chi connectivity index (χ4n) is 1.86. The zero-order chi connectivity index (χ0) is 14.2. The number of benzene rings is 2. The zero-order valence-electron chi connectivity index (χ0n) is 11.0. The number of carbonyl (C=O) groups excluding carboxylic acids is 1. The van der Waals surface area contributed by atoms with Gasteiger partial charge in [0.15, 0.2) is 6.10 Å². The summed E-state index contributed by atoms with van der Waals surface area (Å²) < 4.78 is 5.21. The zero-order valence-corrected chi connectivity index (χ0v) is 11.0. The van der Waals surface area contributed by atoms with E-state index in [0.717, 1.165) is 5.56 Å². The topological polar surface area (TPSA) is 50.1 Å². The Balaban J connectivity index is 1.90. The maximum atomic E-state index is 11.9. The molecule has 3 heteroatoms. The summed E-state index contributed by atoms with van der Waals surface area (Å²) >= 11 is 0.